The first-order valence-corrected chi connectivity index (χ1v) is 6.08. The van der Waals surface area contributed by atoms with Crippen molar-refractivity contribution in [3.8, 4) is 0 Å². The monoisotopic (exact) mass is 251 g/mol. The zero-order valence-electron chi connectivity index (χ0n) is 9.28. The van der Waals surface area contributed by atoms with Crippen LogP contribution in [0.15, 0.2) is 35.7 Å². The Bertz CT molecular complexity index is 498. The predicted molar refractivity (Wildman–Crippen MR) is 64.4 cm³/mol. The summed E-state index contributed by atoms with van der Waals surface area (Å²) in [6.45, 7) is 1.66. The second kappa shape index (κ2) is 4.83. The van der Waals surface area contributed by atoms with Gasteiger partial charge in [-0.05, 0) is 5.56 Å². The molecule has 0 saturated carbocycles. The molecule has 1 aromatic carbocycles. The Balaban J connectivity index is 2.26. The van der Waals surface area contributed by atoms with Crippen molar-refractivity contribution in [2.75, 3.05) is 0 Å². The van der Waals surface area contributed by atoms with E-state index in [1.54, 1.807) is 36.6 Å². The van der Waals surface area contributed by atoms with Crippen LogP contribution in [-0.4, -0.2) is 10.2 Å². The maximum Gasteiger partial charge on any atom is 0.280 e. The summed E-state index contributed by atoms with van der Waals surface area (Å²) in [4.78, 5) is 0. The number of aryl methyl sites for hydroxylation is 1. The summed E-state index contributed by atoms with van der Waals surface area (Å²) in [6.07, 6.45) is -2.29. The van der Waals surface area contributed by atoms with Gasteiger partial charge in [-0.2, -0.15) is 4.73 Å². The van der Waals surface area contributed by atoms with Gasteiger partial charge in [0.05, 0.1) is 5.38 Å². The van der Waals surface area contributed by atoms with Gasteiger partial charge in [0, 0.05) is 6.92 Å². The minimum Gasteiger partial charge on any atom is -0.618 e. The van der Waals surface area contributed by atoms with E-state index in [4.69, 9.17) is 0 Å². The van der Waals surface area contributed by atoms with E-state index in [1.807, 2.05) is 6.07 Å². The third kappa shape index (κ3) is 2.31. The Labute approximate surface area is 103 Å². The number of rotatable bonds is 3. The molecule has 0 fully saturated rings. The lowest BCUT2D eigenvalue weighted by Gasteiger charge is -2.15. The molecule has 2 aromatic rings. The number of aliphatic hydroxyl groups excluding tert-OH is 2. The molecular weight excluding hydrogens is 238 g/mol. The van der Waals surface area contributed by atoms with E-state index in [1.165, 1.54) is 0 Å². The maximum atomic E-state index is 11.6. The van der Waals surface area contributed by atoms with Crippen molar-refractivity contribution in [1.82, 2.24) is 0 Å². The van der Waals surface area contributed by atoms with E-state index < -0.39 is 12.2 Å². The fourth-order valence-electron chi connectivity index (χ4n) is 1.57. The van der Waals surface area contributed by atoms with E-state index in [-0.39, 0.29) is 5.01 Å². The molecule has 2 atom stereocenters. The number of nitrogens with zero attached hydrogens (tertiary/aromatic N) is 1. The van der Waals surface area contributed by atoms with Crippen LogP contribution in [0.1, 0.15) is 28.5 Å². The minimum atomic E-state index is -1.20. The zero-order chi connectivity index (χ0) is 12.4. The molecule has 0 saturated heterocycles. The second-order valence-corrected chi connectivity index (χ2v) is 4.70. The van der Waals surface area contributed by atoms with Gasteiger partial charge in [0.1, 0.15) is 6.10 Å². The lowest BCUT2D eigenvalue weighted by molar-refractivity contribution is -0.620. The summed E-state index contributed by atoms with van der Waals surface area (Å²) in [5.74, 6) is 0. The highest BCUT2D eigenvalue weighted by Crippen LogP contribution is 2.29. The highest BCUT2D eigenvalue weighted by atomic mass is 32.1. The van der Waals surface area contributed by atoms with Crippen LogP contribution < -0.4 is 4.73 Å². The first kappa shape index (κ1) is 12.0. The molecule has 17 heavy (non-hydrogen) atoms. The van der Waals surface area contributed by atoms with Crippen LogP contribution in [0.3, 0.4) is 0 Å². The third-order valence-corrected chi connectivity index (χ3v) is 3.67. The molecule has 0 aliphatic rings. The number of hydrogen-bond acceptors (Lipinski definition) is 4. The van der Waals surface area contributed by atoms with E-state index in [2.05, 4.69) is 0 Å². The SMILES string of the molecule is Cc1csc(C(O)C(O)c2ccccc2)[n+]1[O-]. The van der Waals surface area contributed by atoms with Crippen molar-refractivity contribution in [3.05, 3.63) is 57.2 Å². The molecular formula is C12H13NO3S. The summed E-state index contributed by atoms with van der Waals surface area (Å²) >= 11 is 1.15. The molecule has 0 amide bonds. The lowest BCUT2D eigenvalue weighted by atomic mass is 10.1. The predicted octanol–water partition coefficient (Wildman–Crippen LogP) is 1.46. The van der Waals surface area contributed by atoms with Gasteiger partial charge in [0.2, 0.25) is 5.69 Å². The van der Waals surface area contributed by atoms with Gasteiger partial charge >= 0.3 is 0 Å². The summed E-state index contributed by atoms with van der Waals surface area (Å²) in [5, 5.41) is 33.4. The van der Waals surface area contributed by atoms with Crippen LogP contribution in [0, 0.1) is 12.1 Å². The molecule has 5 heteroatoms. The Morgan fingerprint density at radius 2 is 1.82 bits per heavy atom. The van der Waals surface area contributed by atoms with Crippen molar-refractivity contribution < 1.29 is 14.9 Å². The van der Waals surface area contributed by atoms with Gasteiger partial charge in [-0.25, -0.2) is 0 Å². The van der Waals surface area contributed by atoms with Gasteiger partial charge in [0.15, 0.2) is 6.10 Å². The molecule has 2 rings (SSSR count). The van der Waals surface area contributed by atoms with Crippen molar-refractivity contribution in [2.45, 2.75) is 19.1 Å². The fraction of sp³-hybridized carbons (Fsp3) is 0.250. The first-order valence-electron chi connectivity index (χ1n) is 5.20. The van der Waals surface area contributed by atoms with Gasteiger partial charge in [-0.3, -0.25) is 0 Å². The molecule has 1 heterocycles. The smallest absolute Gasteiger partial charge is 0.280 e. The molecule has 0 radical (unpaired) electrons. The summed E-state index contributed by atoms with van der Waals surface area (Å²) in [7, 11) is 0. The average molecular weight is 251 g/mol. The van der Waals surface area contributed by atoms with Crippen LogP contribution >= 0.6 is 11.3 Å². The van der Waals surface area contributed by atoms with Crippen molar-refractivity contribution in [1.29, 1.82) is 0 Å². The number of aliphatic hydroxyl groups is 2. The lowest BCUT2D eigenvalue weighted by Crippen LogP contribution is -2.34. The molecule has 0 spiro atoms. The summed E-state index contributed by atoms with van der Waals surface area (Å²) in [5.41, 5.74) is 1.11. The second-order valence-electron chi connectivity index (χ2n) is 3.81. The molecule has 2 unspecified atom stereocenters. The molecule has 1 aromatic heterocycles. The number of aromatic nitrogens is 1. The topological polar surface area (TPSA) is 67.4 Å². The quantitative estimate of drug-likeness (QED) is 0.641. The molecule has 0 bridgehead atoms. The van der Waals surface area contributed by atoms with E-state index in [9.17, 15) is 15.4 Å². The maximum absolute atomic E-state index is 11.6. The Morgan fingerprint density at radius 3 is 2.35 bits per heavy atom. The van der Waals surface area contributed by atoms with Crippen LogP contribution in [0.25, 0.3) is 0 Å². The van der Waals surface area contributed by atoms with E-state index in [0.717, 1.165) is 11.3 Å². The van der Waals surface area contributed by atoms with Crippen LogP contribution in [0.5, 0.6) is 0 Å². The van der Waals surface area contributed by atoms with Crippen LogP contribution in [-0.2, 0) is 0 Å². The number of hydrogen-bond donors (Lipinski definition) is 2. The summed E-state index contributed by atoms with van der Waals surface area (Å²) < 4.78 is 0.654. The van der Waals surface area contributed by atoms with Gasteiger partial charge in [-0.15, -0.1) is 0 Å². The van der Waals surface area contributed by atoms with Crippen molar-refractivity contribution in [3.63, 3.8) is 0 Å². The van der Waals surface area contributed by atoms with Crippen molar-refractivity contribution in [2.24, 2.45) is 0 Å². The number of benzene rings is 1. The largest absolute Gasteiger partial charge is 0.618 e. The molecule has 4 nitrogen and oxygen atoms in total. The normalized spacial score (nSPS) is 14.5. The molecule has 90 valence electrons. The zero-order valence-corrected chi connectivity index (χ0v) is 10.1. The first-order chi connectivity index (χ1) is 8.11. The standard InChI is InChI=1S/C12H13NO3S/c1-8-7-17-12(13(8)16)11(15)10(14)9-5-3-2-4-6-9/h2-7,10-11,14-15H,1H3. The minimum absolute atomic E-state index is 0.207. The highest BCUT2D eigenvalue weighted by Gasteiger charge is 2.29. The average Bonchev–Trinajstić information content (AvgIpc) is 2.69. The van der Waals surface area contributed by atoms with Gasteiger partial charge < -0.3 is 15.4 Å². The number of thiazole rings is 1. The Hall–Kier alpha value is -1.43. The van der Waals surface area contributed by atoms with Crippen molar-refractivity contribution >= 4 is 11.3 Å². The van der Waals surface area contributed by atoms with Crippen LogP contribution in [0.2, 0.25) is 0 Å². The summed E-state index contributed by atoms with van der Waals surface area (Å²) in [6, 6.07) is 8.80. The molecule has 2 N–H and O–H groups in total. The third-order valence-electron chi connectivity index (χ3n) is 2.56. The highest BCUT2D eigenvalue weighted by molar-refractivity contribution is 7.09. The van der Waals surface area contributed by atoms with E-state index in [0.29, 0.717) is 16.0 Å². The van der Waals surface area contributed by atoms with Gasteiger partial charge in [-0.1, -0.05) is 41.7 Å². The Morgan fingerprint density at radius 1 is 1.18 bits per heavy atom. The van der Waals surface area contributed by atoms with E-state index >= 15 is 0 Å². The molecule has 0 aliphatic heterocycles. The Kier molecular flexibility index (Phi) is 3.42. The fourth-order valence-corrected chi connectivity index (χ4v) is 2.47. The molecule has 0 aliphatic carbocycles. The van der Waals surface area contributed by atoms with Gasteiger partial charge in [0.25, 0.3) is 5.01 Å². The van der Waals surface area contributed by atoms with Crippen LogP contribution in [0.4, 0.5) is 0 Å².